The summed E-state index contributed by atoms with van der Waals surface area (Å²) in [5.41, 5.74) is 4.77. The van der Waals surface area contributed by atoms with Crippen LogP contribution in [0.2, 0.25) is 0 Å². The molecule has 9 heteroatoms. The number of hydrogen-bond donors (Lipinski definition) is 3. The lowest BCUT2D eigenvalue weighted by Crippen LogP contribution is -2.59. The van der Waals surface area contributed by atoms with E-state index in [1.165, 1.54) is 4.90 Å². The van der Waals surface area contributed by atoms with Crippen molar-refractivity contribution in [1.29, 1.82) is 0 Å². The number of likely N-dealkylation sites (tertiary alicyclic amines) is 1. The first-order valence-electron chi connectivity index (χ1n) is 11.2. The maximum absolute atomic E-state index is 13.3. The van der Waals surface area contributed by atoms with Gasteiger partial charge >= 0.3 is 6.09 Å². The molecule has 1 rings (SSSR count). The van der Waals surface area contributed by atoms with Gasteiger partial charge in [0.1, 0.15) is 23.7 Å². The van der Waals surface area contributed by atoms with E-state index in [1.807, 2.05) is 27.7 Å². The molecule has 0 aliphatic carbocycles. The molecule has 4 N–H and O–H groups in total. The number of carbonyl (C=O) groups is 4. The highest BCUT2D eigenvalue weighted by Gasteiger charge is 2.39. The van der Waals surface area contributed by atoms with Crippen molar-refractivity contribution in [2.24, 2.45) is 17.6 Å². The summed E-state index contributed by atoms with van der Waals surface area (Å²) >= 11 is 0. The zero-order valence-electron chi connectivity index (χ0n) is 20.0. The predicted octanol–water partition coefficient (Wildman–Crippen LogP) is 1.93. The van der Waals surface area contributed by atoms with Gasteiger partial charge in [0.25, 0.3) is 0 Å². The smallest absolute Gasteiger partial charge is 0.408 e. The van der Waals surface area contributed by atoms with Crippen molar-refractivity contribution in [1.82, 2.24) is 15.5 Å². The molecule has 0 radical (unpaired) electrons. The number of hydrogen-bond acceptors (Lipinski definition) is 5. The third kappa shape index (κ3) is 7.70. The summed E-state index contributed by atoms with van der Waals surface area (Å²) in [6.45, 7) is 13.2. The number of rotatable bonds is 9. The zero-order valence-corrected chi connectivity index (χ0v) is 20.0. The Morgan fingerprint density at radius 2 is 1.58 bits per heavy atom. The van der Waals surface area contributed by atoms with Crippen molar-refractivity contribution in [3.63, 3.8) is 0 Å². The maximum Gasteiger partial charge on any atom is 0.408 e. The second kappa shape index (κ2) is 11.3. The molecule has 0 spiro atoms. The van der Waals surface area contributed by atoms with Gasteiger partial charge in [-0.25, -0.2) is 4.79 Å². The minimum Gasteiger partial charge on any atom is -0.444 e. The Hall–Kier alpha value is -2.32. The summed E-state index contributed by atoms with van der Waals surface area (Å²) in [5, 5.41) is 5.48. The van der Waals surface area contributed by atoms with Crippen molar-refractivity contribution in [3.05, 3.63) is 0 Å². The Kier molecular flexibility index (Phi) is 9.77. The number of nitrogens with one attached hydrogen (secondary N) is 2. The third-order valence-electron chi connectivity index (χ3n) is 5.81. The van der Waals surface area contributed by atoms with Gasteiger partial charge in [0.15, 0.2) is 0 Å². The summed E-state index contributed by atoms with van der Waals surface area (Å²) in [4.78, 5) is 51.9. The van der Waals surface area contributed by atoms with Crippen LogP contribution in [0.1, 0.15) is 74.1 Å². The molecule has 5 atom stereocenters. The van der Waals surface area contributed by atoms with E-state index < -0.39 is 41.6 Å². The number of alkyl carbamates (subject to hydrolysis) is 1. The standard InChI is InChI=1S/C22H40N4O5/c1-8-13(3)16(25-21(30)31-22(5,6)7)19(28)24-17(14(4)9-2)20(29)26-12-10-11-15(26)18(23)27/h13-17H,8-12H2,1-7H3,(H2,23,27)(H,24,28)(H,25,30)/t13-,14+,15-,16+,17+/m1/s1. The highest BCUT2D eigenvalue weighted by Crippen LogP contribution is 2.21. The maximum atomic E-state index is 13.3. The van der Waals surface area contributed by atoms with Gasteiger partial charge in [-0.05, 0) is 45.4 Å². The number of amides is 4. The van der Waals surface area contributed by atoms with Gasteiger partial charge in [-0.3, -0.25) is 14.4 Å². The van der Waals surface area contributed by atoms with Crippen molar-refractivity contribution in [2.45, 2.75) is 97.9 Å². The molecule has 0 saturated carbocycles. The van der Waals surface area contributed by atoms with Gasteiger partial charge in [0.2, 0.25) is 17.7 Å². The van der Waals surface area contributed by atoms with Gasteiger partial charge in [-0.1, -0.05) is 40.5 Å². The van der Waals surface area contributed by atoms with Gasteiger partial charge < -0.3 is 26.0 Å². The molecule has 9 nitrogen and oxygen atoms in total. The number of carbonyl (C=O) groups excluding carboxylic acids is 4. The van der Waals surface area contributed by atoms with Crippen LogP contribution in [0.25, 0.3) is 0 Å². The summed E-state index contributed by atoms with van der Waals surface area (Å²) < 4.78 is 5.30. The van der Waals surface area contributed by atoms with Crippen molar-refractivity contribution in [3.8, 4) is 0 Å². The molecule has 1 aliphatic heterocycles. The van der Waals surface area contributed by atoms with E-state index in [0.717, 1.165) is 0 Å². The molecule has 31 heavy (non-hydrogen) atoms. The molecule has 0 bridgehead atoms. The first kappa shape index (κ1) is 26.7. The predicted molar refractivity (Wildman–Crippen MR) is 118 cm³/mol. The molecule has 4 amide bonds. The molecule has 0 aromatic heterocycles. The van der Waals surface area contributed by atoms with Gasteiger partial charge in [0.05, 0.1) is 0 Å². The Labute approximate surface area is 185 Å². The van der Waals surface area contributed by atoms with E-state index in [-0.39, 0.29) is 17.7 Å². The molecule has 0 aromatic rings. The number of ether oxygens (including phenoxy) is 1. The average molecular weight is 441 g/mol. The van der Waals surface area contributed by atoms with Gasteiger partial charge in [-0.15, -0.1) is 0 Å². The van der Waals surface area contributed by atoms with Crippen LogP contribution in [0, 0.1) is 11.8 Å². The highest BCUT2D eigenvalue weighted by atomic mass is 16.6. The van der Waals surface area contributed by atoms with E-state index in [4.69, 9.17) is 10.5 Å². The van der Waals surface area contributed by atoms with E-state index >= 15 is 0 Å². The van der Waals surface area contributed by atoms with E-state index in [0.29, 0.717) is 32.2 Å². The van der Waals surface area contributed by atoms with Crippen LogP contribution in [-0.4, -0.2) is 59.0 Å². The normalized spacial score (nSPS) is 20.4. The number of nitrogens with zero attached hydrogens (tertiary/aromatic N) is 1. The molecule has 1 fully saturated rings. The Morgan fingerprint density at radius 3 is 2.06 bits per heavy atom. The van der Waals surface area contributed by atoms with E-state index in [1.54, 1.807) is 20.8 Å². The van der Waals surface area contributed by atoms with Crippen LogP contribution in [0.15, 0.2) is 0 Å². The quantitative estimate of drug-likeness (QED) is 0.504. The fraction of sp³-hybridized carbons (Fsp3) is 0.818. The second-order valence-electron chi connectivity index (χ2n) is 9.47. The largest absolute Gasteiger partial charge is 0.444 e. The lowest BCUT2D eigenvalue weighted by atomic mass is 9.94. The van der Waals surface area contributed by atoms with Crippen LogP contribution in [0.4, 0.5) is 4.79 Å². The van der Waals surface area contributed by atoms with Gasteiger partial charge in [-0.2, -0.15) is 0 Å². The molecule has 1 heterocycles. The van der Waals surface area contributed by atoms with Crippen LogP contribution >= 0.6 is 0 Å². The molecule has 1 aliphatic rings. The topological polar surface area (TPSA) is 131 Å². The van der Waals surface area contributed by atoms with Crippen molar-refractivity contribution in [2.75, 3.05) is 6.54 Å². The fourth-order valence-corrected chi connectivity index (χ4v) is 3.57. The van der Waals surface area contributed by atoms with Crippen LogP contribution in [0.5, 0.6) is 0 Å². The summed E-state index contributed by atoms with van der Waals surface area (Å²) in [6, 6.07) is -2.32. The highest BCUT2D eigenvalue weighted by molar-refractivity contribution is 5.94. The molecular weight excluding hydrogens is 400 g/mol. The first-order chi connectivity index (χ1) is 14.3. The minimum absolute atomic E-state index is 0.162. The van der Waals surface area contributed by atoms with Crippen LogP contribution in [-0.2, 0) is 19.1 Å². The van der Waals surface area contributed by atoms with Crippen molar-refractivity contribution < 1.29 is 23.9 Å². The summed E-state index contributed by atoms with van der Waals surface area (Å²) in [5.74, 6) is -1.64. The molecular formula is C22H40N4O5. The summed E-state index contributed by atoms with van der Waals surface area (Å²) in [7, 11) is 0. The zero-order chi connectivity index (χ0) is 23.9. The summed E-state index contributed by atoms with van der Waals surface area (Å²) in [6.07, 6.45) is 1.83. The van der Waals surface area contributed by atoms with Gasteiger partial charge in [0, 0.05) is 6.54 Å². The lowest BCUT2D eigenvalue weighted by molar-refractivity contribution is -0.142. The first-order valence-corrected chi connectivity index (χ1v) is 11.2. The average Bonchev–Trinajstić information content (AvgIpc) is 3.17. The number of nitrogens with two attached hydrogens (primary N) is 1. The third-order valence-corrected chi connectivity index (χ3v) is 5.81. The number of primary amides is 1. The Balaban J connectivity index is 3.04. The van der Waals surface area contributed by atoms with E-state index in [9.17, 15) is 19.2 Å². The van der Waals surface area contributed by atoms with E-state index in [2.05, 4.69) is 10.6 Å². The fourth-order valence-electron chi connectivity index (χ4n) is 3.57. The van der Waals surface area contributed by atoms with Crippen LogP contribution in [0.3, 0.4) is 0 Å². The monoisotopic (exact) mass is 440 g/mol. The Morgan fingerprint density at radius 1 is 1.03 bits per heavy atom. The minimum atomic E-state index is -0.857. The molecule has 178 valence electrons. The molecule has 1 saturated heterocycles. The Bertz CT molecular complexity index is 661. The molecule has 0 unspecified atom stereocenters. The SMILES string of the molecule is CC[C@@H](C)[C@H](NC(=O)OC(C)(C)C)C(=O)N[C@H](C(=O)N1CCC[C@@H]1C(N)=O)[C@@H](C)CC. The second-order valence-corrected chi connectivity index (χ2v) is 9.47. The lowest BCUT2D eigenvalue weighted by Gasteiger charge is -2.33. The molecule has 0 aromatic carbocycles. The van der Waals surface area contributed by atoms with Crippen LogP contribution < -0.4 is 16.4 Å². The van der Waals surface area contributed by atoms with Crippen molar-refractivity contribution >= 4 is 23.8 Å².